The Morgan fingerprint density at radius 3 is 2.94 bits per heavy atom. The highest BCUT2D eigenvalue weighted by Gasteiger charge is 2.23. The second kappa shape index (κ2) is 8.37. The monoisotopic (exact) mass is 443 g/mol. The van der Waals surface area contributed by atoms with Gasteiger partial charge in [-0.2, -0.15) is 5.10 Å². The average Bonchev–Trinajstić information content (AvgIpc) is 3.30. The number of aryl methyl sites for hydroxylation is 1. The van der Waals surface area contributed by atoms with Crippen molar-refractivity contribution in [2.75, 3.05) is 20.3 Å². The molecular formula is C25H25N5O3. The second-order valence-corrected chi connectivity index (χ2v) is 8.40. The van der Waals surface area contributed by atoms with Gasteiger partial charge >= 0.3 is 0 Å². The Hall–Kier alpha value is -3.65. The molecule has 0 saturated carbocycles. The maximum atomic E-state index is 5.71. The number of fused-ring (bicyclic) bond motifs is 3. The molecule has 1 unspecified atom stereocenters. The first kappa shape index (κ1) is 20.0. The number of nitrogens with zero attached hydrogens (tertiary/aromatic N) is 4. The molecule has 0 radical (unpaired) electrons. The van der Waals surface area contributed by atoms with Gasteiger partial charge in [-0.15, -0.1) is 0 Å². The molecule has 8 nitrogen and oxygen atoms in total. The van der Waals surface area contributed by atoms with Gasteiger partial charge in [0.1, 0.15) is 18.7 Å². The molecule has 1 N–H and O–H groups in total. The van der Waals surface area contributed by atoms with E-state index in [1.165, 1.54) is 11.1 Å². The van der Waals surface area contributed by atoms with Crippen molar-refractivity contribution in [2.24, 2.45) is 0 Å². The second-order valence-electron chi connectivity index (χ2n) is 8.40. The van der Waals surface area contributed by atoms with Gasteiger partial charge in [0.15, 0.2) is 11.5 Å². The summed E-state index contributed by atoms with van der Waals surface area (Å²) in [5.74, 6) is 2.23. The molecule has 1 aliphatic heterocycles. The summed E-state index contributed by atoms with van der Waals surface area (Å²) >= 11 is 0. The quantitative estimate of drug-likeness (QED) is 0.507. The highest BCUT2D eigenvalue weighted by Crippen LogP contribution is 2.31. The molecule has 0 bridgehead atoms. The molecule has 0 amide bonds. The van der Waals surface area contributed by atoms with Crippen LogP contribution in [-0.4, -0.2) is 46.1 Å². The normalized spacial score (nSPS) is 17.1. The Bertz CT molecular complexity index is 1320. The minimum Gasteiger partial charge on any atom is -0.486 e. The molecule has 4 aromatic rings. The van der Waals surface area contributed by atoms with Gasteiger partial charge in [-0.1, -0.05) is 6.07 Å². The van der Waals surface area contributed by atoms with Crippen LogP contribution in [-0.2, 0) is 19.4 Å². The van der Waals surface area contributed by atoms with E-state index in [0.717, 1.165) is 59.7 Å². The topological polar surface area (TPSA) is 83.3 Å². The van der Waals surface area contributed by atoms with E-state index in [9.17, 15) is 0 Å². The van der Waals surface area contributed by atoms with Crippen LogP contribution in [0.25, 0.3) is 16.7 Å². The van der Waals surface area contributed by atoms with Crippen LogP contribution >= 0.6 is 0 Å². The molecule has 2 aliphatic rings. The van der Waals surface area contributed by atoms with Gasteiger partial charge in [-0.05, 0) is 54.7 Å². The first-order valence-electron chi connectivity index (χ1n) is 11.3. The minimum absolute atomic E-state index is 0.399. The molecule has 0 spiro atoms. The lowest BCUT2D eigenvalue weighted by atomic mass is 9.93. The van der Waals surface area contributed by atoms with Crippen LogP contribution in [0, 0.1) is 0 Å². The predicted molar refractivity (Wildman–Crippen MR) is 123 cm³/mol. The number of pyridine rings is 2. The van der Waals surface area contributed by atoms with Crippen molar-refractivity contribution in [3.8, 4) is 23.1 Å². The predicted octanol–water partition coefficient (Wildman–Crippen LogP) is 3.24. The average molecular weight is 444 g/mol. The van der Waals surface area contributed by atoms with Crippen LogP contribution in [0.15, 0.2) is 48.8 Å². The number of ether oxygens (including phenoxy) is 3. The molecule has 168 valence electrons. The molecule has 0 saturated heterocycles. The third-order valence-electron chi connectivity index (χ3n) is 6.27. The van der Waals surface area contributed by atoms with Gasteiger partial charge < -0.3 is 19.5 Å². The van der Waals surface area contributed by atoms with Crippen molar-refractivity contribution in [1.29, 1.82) is 0 Å². The lowest BCUT2D eigenvalue weighted by Crippen LogP contribution is -2.33. The molecule has 6 rings (SSSR count). The molecule has 1 atom stereocenters. The third kappa shape index (κ3) is 3.87. The summed E-state index contributed by atoms with van der Waals surface area (Å²) in [5, 5.41) is 8.58. The summed E-state index contributed by atoms with van der Waals surface area (Å²) in [6.45, 7) is 2.01. The number of hydrogen-bond donors (Lipinski definition) is 1. The standard InChI is InChI=1S/C25H25N5O3/c1-31-24-7-5-20-25(28-24)21(8-9-26-20)30-15-17-13-18(3-4-19(17)29-30)27-14-16-2-6-22-23(12-16)33-11-10-32-22/h2,5-9,12,15,18,27H,3-4,10-11,13-14H2,1H3. The van der Waals surface area contributed by atoms with Crippen LogP contribution < -0.4 is 19.5 Å². The highest BCUT2D eigenvalue weighted by atomic mass is 16.6. The van der Waals surface area contributed by atoms with Gasteiger partial charge in [-0.25, -0.2) is 9.67 Å². The smallest absolute Gasteiger partial charge is 0.213 e. The number of rotatable bonds is 5. The maximum absolute atomic E-state index is 5.71. The highest BCUT2D eigenvalue weighted by molar-refractivity contribution is 5.83. The zero-order valence-corrected chi connectivity index (χ0v) is 18.5. The van der Waals surface area contributed by atoms with Crippen LogP contribution in [0.1, 0.15) is 23.2 Å². The molecule has 3 aromatic heterocycles. The fourth-order valence-electron chi connectivity index (χ4n) is 4.55. The van der Waals surface area contributed by atoms with Crippen molar-refractivity contribution in [3.63, 3.8) is 0 Å². The van der Waals surface area contributed by atoms with Crippen molar-refractivity contribution < 1.29 is 14.2 Å². The van der Waals surface area contributed by atoms with E-state index in [-0.39, 0.29) is 0 Å². The number of methoxy groups -OCH3 is 1. The summed E-state index contributed by atoms with van der Waals surface area (Å²) in [5.41, 5.74) is 6.14. The third-order valence-corrected chi connectivity index (χ3v) is 6.27. The van der Waals surface area contributed by atoms with Gasteiger partial charge in [0.25, 0.3) is 0 Å². The van der Waals surface area contributed by atoms with Crippen molar-refractivity contribution in [3.05, 3.63) is 65.6 Å². The SMILES string of the molecule is COc1ccc2nccc(-n3cc4c(n3)CCC(NCc3ccc5c(c3)OCCO5)C4)c2n1. The van der Waals surface area contributed by atoms with Crippen LogP contribution in [0.3, 0.4) is 0 Å². The van der Waals surface area contributed by atoms with E-state index < -0.39 is 0 Å². The summed E-state index contributed by atoms with van der Waals surface area (Å²) in [4.78, 5) is 9.04. The van der Waals surface area contributed by atoms with Crippen LogP contribution in [0.4, 0.5) is 0 Å². The minimum atomic E-state index is 0.399. The Balaban J connectivity index is 1.19. The number of aromatic nitrogens is 4. The molecule has 4 heterocycles. The van der Waals surface area contributed by atoms with Gasteiger partial charge in [0.2, 0.25) is 5.88 Å². The van der Waals surface area contributed by atoms with Gasteiger partial charge in [-0.3, -0.25) is 4.98 Å². The molecule has 8 heteroatoms. The Morgan fingerprint density at radius 1 is 1.12 bits per heavy atom. The summed E-state index contributed by atoms with van der Waals surface area (Å²) in [6, 6.07) is 12.3. The van der Waals surface area contributed by atoms with E-state index in [0.29, 0.717) is 25.1 Å². The van der Waals surface area contributed by atoms with E-state index in [1.54, 1.807) is 13.3 Å². The molecule has 33 heavy (non-hydrogen) atoms. The van der Waals surface area contributed by atoms with E-state index >= 15 is 0 Å². The van der Waals surface area contributed by atoms with E-state index in [4.69, 9.17) is 19.3 Å². The van der Waals surface area contributed by atoms with Gasteiger partial charge in [0.05, 0.1) is 24.0 Å². The largest absolute Gasteiger partial charge is 0.486 e. The Kier molecular flexibility index (Phi) is 5.07. The van der Waals surface area contributed by atoms with Crippen molar-refractivity contribution in [1.82, 2.24) is 25.1 Å². The lowest BCUT2D eigenvalue weighted by molar-refractivity contribution is 0.171. The fourth-order valence-corrected chi connectivity index (χ4v) is 4.55. The van der Waals surface area contributed by atoms with Crippen molar-refractivity contribution >= 4 is 11.0 Å². The molecule has 0 fully saturated rings. The molecule has 1 aliphatic carbocycles. The fraction of sp³-hybridized carbons (Fsp3) is 0.320. The first-order valence-corrected chi connectivity index (χ1v) is 11.3. The van der Waals surface area contributed by atoms with Gasteiger partial charge in [0, 0.05) is 31.0 Å². The zero-order chi connectivity index (χ0) is 22.2. The summed E-state index contributed by atoms with van der Waals surface area (Å²) in [7, 11) is 1.62. The number of hydrogen-bond acceptors (Lipinski definition) is 7. The lowest BCUT2D eigenvalue weighted by Gasteiger charge is -2.23. The van der Waals surface area contributed by atoms with Crippen molar-refractivity contribution in [2.45, 2.75) is 31.8 Å². The van der Waals surface area contributed by atoms with Crippen LogP contribution in [0.5, 0.6) is 17.4 Å². The Morgan fingerprint density at radius 2 is 2.03 bits per heavy atom. The van der Waals surface area contributed by atoms with E-state index in [1.807, 2.05) is 28.9 Å². The summed E-state index contributed by atoms with van der Waals surface area (Å²) < 4.78 is 18.6. The maximum Gasteiger partial charge on any atom is 0.213 e. The molecular weight excluding hydrogens is 418 g/mol. The van der Waals surface area contributed by atoms with Crippen LogP contribution in [0.2, 0.25) is 0 Å². The number of nitrogens with one attached hydrogen (secondary N) is 1. The zero-order valence-electron chi connectivity index (χ0n) is 18.5. The molecule has 1 aromatic carbocycles. The Labute approximate surface area is 191 Å². The van der Waals surface area contributed by atoms with E-state index in [2.05, 4.69) is 33.6 Å². The first-order chi connectivity index (χ1) is 16.3. The number of benzene rings is 1. The summed E-state index contributed by atoms with van der Waals surface area (Å²) in [6.07, 6.45) is 6.87.